The van der Waals surface area contributed by atoms with Crippen molar-refractivity contribution in [1.82, 2.24) is 21.3 Å². The van der Waals surface area contributed by atoms with Crippen LogP contribution >= 0.6 is 23.5 Å². The molecule has 0 bridgehead atoms. The first-order valence-corrected chi connectivity index (χ1v) is 25.6. The van der Waals surface area contributed by atoms with Crippen LogP contribution in [0.25, 0.3) is 0 Å². The number of carbonyl (C=O) groups is 5. The Bertz CT molecular complexity index is 2480. The van der Waals surface area contributed by atoms with Gasteiger partial charge in [-0.15, -0.1) is 23.5 Å². The standard InChI is InChI=1S/C58H60N4O6S2/c1-41(2)53-56(67)59-39-52(64)68-49(36-22-23-37-69-57(43-24-10-4-11-25-43,44-26-12-5-13-27-44)45-28-14-6-15-29-45)38-51(63)60-42(3)54(65)61-50(55(66)62-53)40-70-58(46-30-16-7-17-31-46,47-32-18-8-19-33-47)48-34-20-9-21-35-48/h4-22,24-36,41-42,49-50,53H,23,37-40H2,1-3H3,(H,59,67)(H,60,63)(H,61,65)(H,62,66)/t42-,49-,50-,53-/m1/s1. The van der Waals surface area contributed by atoms with Crippen LogP contribution in [0.1, 0.15) is 67.0 Å². The van der Waals surface area contributed by atoms with Crippen LogP contribution in [0.5, 0.6) is 0 Å². The molecule has 1 heterocycles. The van der Waals surface area contributed by atoms with E-state index in [1.54, 1.807) is 31.7 Å². The van der Waals surface area contributed by atoms with Crippen molar-refractivity contribution in [2.75, 3.05) is 18.1 Å². The summed E-state index contributed by atoms with van der Waals surface area (Å²) < 4.78 is 4.44. The quantitative estimate of drug-likeness (QED) is 0.0346. The minimum atomic E-state index is -1.16. The highest BCUT2D eigenvalue weighted by Gasteiger charge is 2.40. The summed E-state index contributed by atoms with van der Waals surface area (Å²) in [6, 6.07) is 57.8. The number of cyclic esters (lactones) is 1. The summed E-state index contributed by atoms with van der Waals surface area (Å²) in [4.78, 5) is 69.4. The van der Waals surface area contributed by atoms with Crippen molar-refractivity contribution in [2.45, 2.75) is 67.3 Å². The van der Waals surface area contributed by atoms with E-state index in [1.807, 2.05) is 152 Å². The predicted molar refractivity (Wildman–Crippen MR) is 281 cm³/mol. The monoisotopic (exact) mass is 972 g/mol. The molecule has 12 heteroatoms. The van der Waals surface area contributed by atoms with Crippen molar-refractivity contribution in [1.29, 1.82) is 0 Å². The number of benzene rings is 6. The molecule has 0 aromatic heterocycles. The van der Waals surface area contributed by atoms with Crippen molar-refractivity contribution in [3.8, 4) is 0 Å². The zero-order chi connectivity index (χ0) is 49.4. The van der Waals surface area contributed by atoms with E-state index in [0.29, 0.717) is 12.2 Å². The number of thioether (sulfide) groups is 2. The molecule has 0 unspecified atom stereocenters. The van der Waals surface area contributed by atoms with Gasteiger partial charge in [0.15, 0.2) is 0 Å². The van der Waals surface area contributed by atoms with Crippen LogP contribution in [0, 0.1) is 5.92 Å². The maximum atomic E-state index is 14.4. The van der Waals surface area contributed by atoms with Gasteiger partial charge in [0, 0.05) is 5.75 Å². The van der Waals surface area contributed by atoms with Crippen LogP contribution in [0.15, 0.2) is 194 Å². The minimum absolute atomic E-state index is 0.0734. The molecule has 4 amide bonds. The van der Waals surface area contributed by atoms with Gasteiger partial charge in [0.25, 0.3) is 0 Å². The van der Waals surface area contributed by atoms with Gasteiger partial charge in [0.05, 0.1) is 15.9 Å². The zero-order valence-corrected chi connectivity index (χ0v) is 41.3. The molecule has 0 radical (unpaired) electrons. The number of carbonyl (C=O) groups excluding carboxylic acids is 5. The van der Waals surface area contributed by atoms with Crippen molar-refractivity contribution in [3.05, 3.63) is 228 Å². The fourth-order valence-corrected chi connectivity index (χ4v) is 11.7. The van der Waals surface area contributed by atoms with Crippen molar-refractivity contribution in [3.63, 3.8) is 0 Å². The average molecular weight is 973 g/mol. The molecule has 360 valence electrons. The second kappa shape index (κ2) is 24.6. The fraction of sp³-hybridized carbons (Fsp3) is 0.259. The van der Waals surface area contributed by atoms with Crippen LogP contribution in [-0.4, -0.2) is 71.9 Å². The summed E-state index contributed by atoms with van der Waals surface area (Å²) in [6.07, 6.45) is 2.85. The lowest BCUT2D eigenvalue weighted by molar-refractivity contribution is -0.148. The average Bonchev–Trinajstić information content (AvgIpc) is 3.39. The van der Waals surface area contributed by atoms with Gasteiger partial charge in [0.1, 0.15) is 30.8 Å². The largest absolute Gasteiger partial charge is 0.456 e. The lowest BCUT2D eigenvalue weighted by atomic mass is 9.84. The molecule has 6 aromatic carbocycles. The third-order valence-corrected chi connectivity index (χ3v) is 15.4. The number of esters is 1. The van der Waals surface area contributed by atoms with E-state index in [1.165, 1.54) is 18.7 Å². The molecular weight excluding hydrogens is 913 g/mol. The highest BCUT2D eigenvalue weighted by atomic mass is 32.2. The SMILES string of the molecule is CC(C)[C@H]1NC(=O)[C@@H](CSC(c2ccccc2)(c2ccccc2)c2ccccc2)NC(=O)[C@@H](C)NC(=O)C[C@@H](C=CCCSC(c2ccccc2)(c2ccccc2)c2ccccc2)OC(=O)CNC1=O. The van der Waals surface area contributed by atoms with Crippen LogP contribution in [0.3, 0.4) is 0 Å². The van der Waals surface area contributed by atoms with Crippen LogP contribution in [-0.2, 0) is 38.2 Å². The number of nitrogens with one attached hydrogen (secondary N) is 4. The number of rotatable bonds is 15. The first-order valence-electron chi connectivity index (χ1n) is 23.7. The molecule has 1 aliphatic rings. The van der Waals surface area contributed by atoms with E-state index in [-0.39, 0.29) is 12.2 Å². The fourth-order valence-electron chi connectivity index (χ4n) is 8.72. The van der Waals surface area contributed by atoms with E-state index in [4.69, 9.17) is 4.74 Å². The lowest BCUT2D eigenvalue weighted by Gasteiger charge is -2.37. The number of hydrogen-bond donors (Lipinski definition) is 4. The summed E-state index contributed by atoms with van der Waals surface area (Å²) >= 11 is 3.26. The molecule has 10 nitrogen and oxygen atoms in total. The molecule has 6 aromatic rings. The number of ether oxygens (including phenoxy) is 1. The second-order valence-electron chi connectivity index (χ2n) is 17.5. The molecule has 1 saturated heterocycles. The maximum absolute atomic E-state index is 14.4. The summed E-state index contributed by atoms with van der Waals surface area (Å²) in [7, 11) is 0. The van der Waals surface area contributed by atoms with Gasteiger partial charge in [-0.05, 0) is 64.5 Å². The minimum Gasteiger partial charge on any atom is -0.456 e. The Labute approximate surface area is 419 Å². The molecule has 4 atom stereocenters. The first-order chi connectivity index (χ1) is 34.0. The summed E-state index contributed by atoms with van der Waals surface area (Å²) in [5.74, 6) is -2.74. The molecule has 70 heavy (non-hydrogen) atoms. The van der Waals surface area contributed by atoms with Crippen LogP contribution < -0.4 is 21.3 Å². The molecule has 0 spiro atoms. The van der Waals surface area contributed by atoms with Crippen LogP contribution in [0.4, 0.5) is 0 Å². The first kappa shape index (κ1) is 51.0. The number of amides is 4. The Morgan fingerprint density at radius 2 is 0.971 bits per heavy atom. The topological polar surface area (TPSA) is 143 Å². The summed E-state index contributed by atoms with van der Waals surface area (Å²) in [6.45, 7) is 4.62. The second-order valence-corrected chi connectivity index (χ2v) is 20.0. The van der Waals surface area contributed by atoms with E-state index >= 15 is 0 Å². The van der Waals surface area contributed by atoms with Crippen molar-refractivity contribution in [2.24, 2.45) is 5.92 Å². The molecular formula is C58H60N4O6S2. The zero-order valence-electron chi connectivity index (χ0n) is 39.7. The van der Waals surface area contributed by atoms with E-state index in [9.17, 15) is 24.0 Å². The highest BCUT2D eigenvalue weighted by molar-refractivity contribution is 8.00. The Kier molecular flexibility index (Phi) is 17.9. The summed E-state index contributed by atoms with van der Waals surface area (Å²) in [5.41, 5.74) is 6.29. The Balaban J connectivity index is 1.12. The molecule has 1 fully saturated rings. The lowest BCUT2D eigenvalue weighted by Crippen LogP contribution is -2.58. The van der Waals surface area contributed by atoms with Gasteiger partial charge in [-0.25, -0.2) is 0 Å². The molecule has 1 aliphatic heterocycles. The summed E-state index contributed by atoms with van der Waals surface area (Å²) in [5, 5.41) is 11.2. The van der Waals surface area contributed by atoms with E-state index in [2.05, 4.69) is 57.7 Å². The normalized spacial score (nSPS) is 18.9. The van der Waals surface area contributed by atoms with Gasteiger partial charge < -0.3 is 26.0 Å². The van der Waals surface area contributed by atoms with Gasteiger partial charge in [-0.3, -0.25) is 24.0 Å². The molecule has 7 rings (SSSR count). The Morgan fingerprint density at radius 1 is 0.557 bits per heavy atom. The van der Waals surface area contributed by atoms with Crippen molar-refractivity contribution < 1.29 is 28.7 Å². The maximum Gasteiger partial charge on any atom is 0.326 e. The van der Waals surface area contributed by atoms with Gasteiger partial charge in [0.2, 0.25) is 23.6 Å². The van der Waals surface area contributed by atoms with Gasteiger partial charge in [-0.1, -0.05) is 202 Å². The third-order valence-electron chi connectivity index (χ3n) is 12.2. The van der Waals surface area contributed by atoms with E-state index in [0.717, 1.165) is 33.4 Å². The third kappa shape index (κ3) is 12.5. The number of allylic oxidation sites excluding steroid dienone is 1. The molecule has 4 N–H and O–H groups in total. The number of hydrogen-bond acceptors (Lipinski definition) is 8. The Morgan fingerprint density at radius 3 is 1.39 bits per heavy atom. The van der Waals surface area contributed by atoms with Crippen LogP contribution in [0.2, 0.25) is 0 Å². The molecule has 0 aliphatic carbocycles. The van der Waals surface area contributed by atoms with E-state index < -0.39 is 75.8 Å². The van der Waals surface area contributed by atoms with Gasteiger partial charge >= 0.3 is 5.97 Å². The van der Waals surface area contributed by atoms with Gasteiger partial charge in [-0.2, -0.15) is 0 Å². The predicted octanol–water partition coefficient (Wildman–Crippen LogP) is 8.95. The molecule has 0 saturated carbocycles. The van der Waals surface area contributed by atoms with Crippen molar-refractivity contribution >= 4 is 53.1 Å². The smallest absolute Gasteiger partial charge is 0.326 e. The Hall–Kier alpha value is -6.89. The highest BCUT2D eigenvalue weighted by Crippen LogP contribution is 2.50.